The van der Waals surface area contributed by atoms with Gasteiger partial charge in [-0.1, -0.05) is 98.4 Å². The van der Waals surface area contributed by atoms with E-state index in [1.54, 1.807) is 5.56 Å². The van der Waals surface area contributed by atoms with Gasteiger partial charge in [-0.05, 0) is 119 Å². The zero-order chi connectivity index (χ0) is 26.8. The SMILES string of the molecule is C=C(/C=C(\CCC)c1c2c(c(C3=CC=C(C)CC3)c3c1=CCCC=3)C=CCC2)c1ccc(-c2ccccc2)s1. The Morgan fingerprint density at radius 1 is 0.923 bits per heavy atom. The maximum atomic E-state index is 4.59. The molecule has 39 heavy (non-hydrogen) atoms. The van der Waals surface area contributed by atoms with E-state index < -0.39 is 0 Å². The summed E-state index contributed by atoms with van der Waals surface area (Å²) >= 11 is 1.85. The Hall–Kier alpha value is -3.42. The second-order valence-electron chi connectivity index (χ2n) is 11.1. The van der Waals surface area contributed by atoms with E-state index in [0.29, 0.717) is 0 Å². The summed E-state index contributed by atoms with van der Waals surface area (Å²) in [5, 5.41) is 2.94. The molecule has 0 radical (unpaired) electrons. The molecule has 196 valence electrons. The van der Waals surface area contributed by atoms with Gasteiger partial charge >= 0.3 is 0 Å². The maximum Gasteiger partial charge on any atom is 0.0349 e. The quantitative estimate of drug-likeness (QED) is 0.269. The Balaban J connectivity index is 1.51. The Kier molecular flexibility index (Phi) is 7.53. The van der Waals surface area contributed by atoms with Gasteiger partial charge in [0.15, 0.2) is 0 Å². The van der Waals surface area contributed by atoms with E-state index in [4.69, 9.17) is 0 Å². The number of hydrogen-bond donors (Lipinski definition) is 0. The van der Waals surface area contributed by atoms with Crippen molar-refractivity contribution in [3.8, 4) is 10.4 Å². The zero-order valence-electron chi connectivity index (χ0n) is 23.4. The number of hydrogen-bond acceptors (Lipinski definition) is 1. The zero-order valence-corrected chi connectivity index (χ0v) is 24.2. The Labute approximate surface area is 237 Å². The van der Waals surface area contributed by atoms with Crippen LogP contribution in [0.5, 0.6) is 0 Å². The molecule has 1 heterocycles. The number of rotatable bonds is 7. The molecular weight excluding hydrogens is 488 g/mol. The van der Waals surface area contributed by atoms with E-state index in [-0.39, 0.29) is 0 Å². The van der Waals surface area contributed by atoms with Crippen molar-refractivity contribution in [1.29, 1.82) is 0 Å². The Morgan fingerprint density at radius 2 is 1.74 bits per heavy atom. The van der Waals surface area contributed by atoms with Gasteiger partial charge in [0.05, 0.1) is 0 Å². The molecule has 3 aromatic rings. The highest BCUT2D eigenvalue weighted by atomic mass is 32.1. The van der Waals surface area contributed by atoms with Gasteiger partial charge in [-0.15, -0.1) is 11.3 Å². The predicted molar refractivity (Wildman–Crippen MR) is 174 cm³/mol. The fourth-order valence-electron chi connectivity index (χ4n) is 6.36. The van der Waals surface area contributed by atoms with Crippen LogP contribution in [0.3, 0.4) is 0 Å². The van der Waals surface area contributed by atoms with Crippen LogP contribution in [0.25, 0.3) is 45.4 Å². The third kappa shape index (κ3) is 5.13. The second kappa shape index (κ2) is 11.4. The number of allylic oxidation sites excluding steroid dienone is 8. The molecule has 0 nitrogen and oxygen atoms in total. The first-order valence-electron chi connectivity index (χ1n) is 14.6. The van der Waals surface area contributed by atoms with Crippen LogP contribution in [-0.4, -0.2) is 0 Å². The molecule has 0 saturated heterocycles. The molecule has 2 aromatic carbocycles. The van der Waals surface area contributed by atoms with Crippen molar-refractivity contribution in [3.63, 3.8) is 0 Å². The predicted octanol–water partition coefficient (Wildman–Crippen LogP) is 9.75. The number of fused-ring (bicyclic) bond motifs is 2. The summed E-state index contributed by atoms with van der Waals surface area (Å²) in [5.74, 6) is 0. The minimum absolute atomic E-state index is 1.07. The van der Waals surface area contributed by atoms with Gasteiger partial charge in [-0.2, -0.15) is 0 Å². The van der Waals surface area contributed by atoms with Gasteiger partial charge < -0.3 is 0 Å². The van der Waals surface area contributed by atoms with E-state index >= 15 is 0 Å². The Bertz CT molecular complexity index is 1660. The van der Waals surface area contributed by atoms with Crippen molar-refractivity contribution in [2.45, 2.75) is 65.2 Å². The summed E-state index contributed by atoms with van der Waals surface area (Å²) in [6.07, 6.45) is 26.0. The minimum Gasteiger partial charge on any atom is -0.135 e. The van der Waals surface area contributed by atoms with Crippen LogP contribution in [0, 0.1) is 0 Å². The van der Waals surface area contributed by atoms with Gasteiger partial charge in [0.25, 0.3) is 0 Å². The van der Waals surface area contributed by atoms with Crippen LogP contribution in [0.1, 0.15) is 85.9 Å². The van der Waals surface area contributed by atoms with Crippen LogP contribution < -0.4 is 10.4 Å². The van der Waals surface area contributed by atoms with Gasteiger partial charge in [0.1, 0.15) is 0 Å². The smallest absolute Gasteiger partial charge is 0.0349 e. The van der Waals surface area contributed by atoms with Crippen molar-refractivity contribution in [2.75, 3.05) is 0 Å². The molecule has 0 fully saturated rings. The van der Waals surface area contributed by atoms with Crippen molar-refractivity contribution in [3.05, 3.63) is 116 Å². The van der Waals surface area contributed by atoms with Crippen LogP contribution in [-0.2, 0) is 6.42 Å². The average Bonchev–Trinajstić information content (AvgIpc) is 3.48. The van der Waals surface area contributed by atoms with Gasteiger partial charge in [0.2, 0.25) is 0 Å². The Morgan fingerprint density at radius 3 is 2.51 bits per heavy atom. The molecule has 0 amide bonds. The molecular formula is C38H38S. The molecule has 0 atom stereocenters. The fraction of sp³-hybridized carbons (Fsp3) is 0.263. The third-order valence-electron chi connectivity index (χ3n) is 8.28. The van der Waals surface area contributed by atoms with E-state index in [9.17, 15) is 0 Å². The topological polar surface area (TPSA) is 0 Å². The fourth-order valence-corrected chi connectivity index (χ4v) is 7.32. The molecule has 1 heteroatoms. The van der Waals surface area contributed by atoms with Crippen LogP contribution in [0.15, 0.2) is 78.9 Å². The molecule has 0 saturated carbocycles. The molecule has 0 unspecified atom stereocenters. The summed E-state index contributed by atoms with van der Waals surface area (Å²) in [7, 11) is 0. The highest BCUT2D eigenvalue weighted by molar-refractivity contribution is 7.16. The summed E-state index contributed by atoms with van der Waals surface area (Å²) < 4.78 is 0. The number of benzene rings is 2. The lowest BCUT2D eigenvalue weighted by molar-refractivity contribution is 0.934. The van der Waals surface area contributed by atoms with Crippen molar-refractivity contribution in [1.82, 2.24) is 0 Å². The van der Waals surface area contributed by atoms with Crippen LogP contribution in [0.2, 0.25) is 0 Å². The first-order valence-corrected chi connectivity index (χ1v) is 15.4. The molecule has 0 bridgehead atoms. The van der Waals surface area contributed by atoms with E-state index in [0.717, 1.165) is 56.9 Å². The molecule has 0 spiro atoms. The highest BCUT2D eigenvalue weighted by Crippen LogP contribution is 2.37. The standard InChI is InChI=1S/C38H38S/c1-4-12-30(25-27(3)35-23-24-36(39-35)28-13-6-5-7-14-28)38-33-17-10-8-15-31(33)37(29-21-19-26(2)20-22-29)32-16-9-11-18-34(32)38/h5-8,13-16,18-19,21,23-25H,3-4,9-12,17,20,22H2,1-2H3/b30-25+. The molecule has 3 aliphatic rings. The highest BCUT2D eigenvalue weighted by Gasteiger charge is 2.23. The third-order valence-corrected chi connectivity index (χ3v) is 9.49. The largest absolute Gasteiger partial charge is 0.135 e. The van der Waals surface area contributed by atoms with E-state index in [1.165, 1.54) is 59.2 Å². The van der Waals surface area contributed by atoms with Crippen molar-refractivity contribution < 1.29 is 0 Å². The number of thiophene rings is 1. The summed E-state index contributed by atoms with van der Waals surface area (Å²) in [5.41, 5.74) is 12.9. The van der Waals surface area contributed by atoms with E-state index in [1.807, 2.05) is 11.3 Å². The molecule has 6 rings (SSSR count). The molecule has 0 N–H and O–H groups in total. The van der Waals surface area contributed by atoms with Crippen LogP contribution >= 0.6 is 11.3 Å². The maximum absolute atomic E-state index is 4.59. The molecule has 3 aliphatic carbocycles. The minimum atomic E-state index is 1.07. The van der Waals surface area contributed by atoms with Gasteiger partial charge in [-0.3, -0.25) is 0 Å². The van der Waals surface area contributed by atoms with Gasteiger partial charge in [0, 0.05) is 9.75 Å². The monoisotopic (exact) mass is 526 g/mol. The normalized spacial score (nSPS) is 16.4. The summed E-state index contributed by atoms with van der Waals surface area (Å²) in [4.78, 5) is 2.56. The second-order valence-corrected chi connectivity index (χ2v) is 12.2. The lowest BCUT2D eigenvalue weighted by Crippen LogP contribution is -2.36. The lowest BCUT2D eigenvalue weighted by Gasteiger charge is -2.26. The van der Waals surface area contributed by atoms with Crippen molar-refractivity contribution in [2.24, 2.45) is 0 Å². The van der Waals surface area contributed by atoms with Gasteiger partial charge in [-0.25, -0.2) is 0 Å². The molecule has 0 aliphatic heterocycles. The summed E-state index contributed by atoms with van der Waals surface area (Å²) in [6.45, 7) is 9.15. The first kappa shape index (κ1) is 25.8. The first-order chi connectivity index (χ1) is 19.1. The average molecular weight is 527 g/mol. The summed E-state index contributed by atoms with van der Waals surface area (Å²) in [6, 6.07) is 15.2. The van der Waals surface area contributed by atoms with Crippen molar-refractivity contribution >= 4 is 46.3 Å². The molecule has 1 aromatic heterocycles. The lowest BCUT2D eigenvalue weighted by atomic mass is 9.78. The van der Waals surface area contributed by atoms with Crippen LogP contribution in [0.4, 0.5) is 0 Å². The van der Waals surface area contributed by atoms with E-state index in [2.05, 4.69) is 105 Å².